The van der Waals surface area contributed by atoms with Crippen LogP contribution in [-0.4, -0.2) is 94.8 Å². The molecule has 6 nitrogen and oxygen atoms in total. The molecule has 2 rings (SSSR count). The Labute approximate surface area is 201 Å². The summed E-state index contributed by atoms with van der Waals surface area (Å²) in [5, 5.41) is 0. The van der Waals surface area contributed by atoms with E-state index in [0.29, 0.717) is 0 Å². The average Bonchev–Trinajstić information content (AvgIpc) is 2.65. The molecule has 192 valence electrons. The van der Waals surface area contributed by atoms with Gasteiger partial charge in [-0.2, -0.15) is 0 Å². The second-order valence-electron chi connectivity index (χ2n) is 8.77. The van der Waals surface area contributed by atoms with Crippen LogP contribution in [0.2, 0.25) is 0 Å². The first-order chi connectivity index (χ1) is 13.0. The van der Waals surface area contributed by atoms with Crippen molar-refractivity contribution >= 4 is 11.8 Å². The summed E-state index contributed by atoms with van der Waals surface area (Å²) in [7, 11) is 0. The number of nitrogens with zero attached hydrogens (tertiary/aromatic N) is 4. The van der Waals surface area contributed by atoms with E-state index in [1.54, 1.807) is 0 Å². The van der Waals surface area contributed by atoms with Gasteiger partial charge in [-0.25, -0.2) is 0 Å². The van der Waals surface area contributed by atoms with Crippen LogP contribution in [0.3, 0.4) is 0 Å². The van der Waals surface area contributed by atoms with Gasteiger partial charge in [0.2, 0.25) is 11.8 Å². The highest BCUT2D eigenvalue weighted by atomic mass is 16.2. The van der Waals surface area contributed by atoms with Gasteiger partial charge in [-0.1, -0.05) is 56.7 Å². The number of rotatable bonds is 4. The van der Waals surface area contributed by atoms with Crippen molar-refractivity contribution in [2.75, 3.05) is 52.4 Å². The van der Waals surface area contributed by atoms with Crippen LogP contribution in [0.5, 0.6) is 0 Å². The smallest absolute Gasteiger partial charge is 0.246 e. The molecule has 2 heterocycles. The monoisotopic (exact) mass is 456 g/mol. The molecular weight excluding hydrogens is 400 g/mol. The molecule has 0 N–H and O–H groups in total. The molecule has 0 unspecified atom stereocenters. The average molecular weight is 457 g/mol. The van der Waals surface area contributed by atoms with Crippen molar-refractivity contribution in [2.24, 2.45) is 0 Å². The number of carbonyl (C=O) groups is 2. The minimum Gasteiger partial charge on any atom is -0.337 e. The number of piperazine rings is 2. The van der Waals surface area contributed by atoms with E-state index in [2.05, 4.69) is 64.5 Å². The lowest BCUT2D eigenvalue weighted by atomic mass is 9.87. The fraction of sp³-hybridized carbons (Fsp3) is 0.769. The van der Waals surface area contributed by atoms with Gasteiger partial charge in [-0.05, 0) is 52.9 Å². The van der Waals surface area contributed by atoms with Gasteiger partial charge in [-0.15, -0.1) is 0 Å². The van der Waals surface area contributed by atoms with Crippen LogP contribution in [0, 0.1) is 0 Å². The summed E-state index contributed by atoms with van der Waals surface area (Å²) in [6, 6.07) is 0. The topological polar surface area (TPSA) is 47.1 Å². The van der Waals surface area contributed by atoms with Gasteiger partial charge in [0, 0.05) is 39.3 Å². The quantitative estimate of drug-likeness (QED) is 0.572. The van der Waals surface area contributed by atoms with Gasteiger partial charge in [0.25, 0.3) is 0 Å². The van der Waals surface area contributed by atoms with Crippen molar-refractivity contribution in [2.45, 2.75) is 82.3 Å². The van der Waals surface area contributed by atoms with Gasteiger partial charge in [0.15, 0.2) is 0 Å². The Kier molecular flexibility index (Phi) is 18.9. The van der Waals surface area contributed by atoms with Crippen LogP contribution in [0.1, 0.15) is 71.2 Å². The van der Waals surface area contributed by atoms with Gasteiger partial charge < -0.3 is 14.7 Å². The Morgan fingerprint density at radius 3 is 1.41 bits per heavy atom. The fourth-order valence-corrected chi connectivity index (χ4v) is 4.44. The lowest BCUT2D eigenvalue weighted by Gasteiger charge is -2.56. The highest BCUT2D eigenvalue weighted by molar-refractivity contribution is 5.88. The predicted octanol–water partition coefficient (Wildman–Crippen LogP) is 4.77. The molecule has 0 atom stereocenters. The summed E-state index contributed by atoms with van der Waals surface area (Å²) in [4.78, 5) is 31.7. The minimum atomic E-state index is -0.136. The van der Waals surface area contributed by atoms with Crippen LogP contribution in [-0.2, 0) is 9.59 Å². The molecule has 0 aromatic carbocycles. The zero-order valence-electron chi connectivity index (χ0n) is 18.8. The number of hydrogen-bond acceptors (Lipinski definition) is 4. The minimum absolute atomic E-state index is 0. The SMILES string of the molecule is C.C.C.C.C=CC(=O)N1C(C)(C)CN(CC)CC1(C)C.C=CC(=O)N1CCN(CC)CC1. The second-order valence-corrected chi connectivity index (χ2v) is 8.77. The maximum atomic E-state index is 12.0. The van der Waals surface area contributed by atoms with Crippen LogP contribution < -0.4 is 0 Å². The Morgan fingerprint density at radius 2 is 1.09 bits per heavy atom. The van der Waals surface area contributed by atoms with Crippen molar-refractivity contribution in [1.82, 2.24) is 19.6 Å². The summed E-state index contributed by atoms with van der Waals surface area (Å²) < 4.78 is 0. The standard InChI is InChI=1S/C13H24N2O.C9H16N2O.4CH4/c1-7-11(16)15-12(3,4)9-14(8-2)10-13(15,5)6;1-3-9(12)11-7-5-10(4-2)6-8-11;;;;/h7H,1,8-10H2,2-6H3;3H,1,4-8H2,2H3;4*1H4. The molecule has 0 aromatic heterocycles. The predicted molar refractivity (Wildman–Crippen MR) is 143 cm³/mol. The molecular formula is C26H56N4O2. The Bertz CT molecular complexity index is 546. The molecule has 32 heavy (non-hydrogen) atoms. The first-order valence-electron chi connectivity index (χ1n) is 10.3. The summed E-state index contributed by atoms with van der Waals surface area (Å²) in [5.74, 6) is 0.0940. The Morgan fingerprint density at radius 1 is 0.719 bits per heavy atom. The van der Waals surface area contributed by atoms with Crippen molar-refractivity contribution in [3.05, 3.63) is 25.3 Å². The Balaban J connectivity index is -0.000000224. The molecule has 0 aliphatic carbocycles. The van der Waals surface area contributed by atoms with E-state index in [4.69, 9.17) is 0 Å². The number of hydrogen-bond donors (Lipinski definition) is 0. The normalized spacial score (nSPS) is 19.3. The summed E-state index contributed by atoms with van der Waals surface area (Å²) in [5.41, 5.74) is -0.272. The molecule has 2 fully saturated rings. The van der Waals surface area contributed by atoms with Gasteiger partial charge in [0.05, 0.1) is 11.1 Å². The van der Waals surface area contributed by atoms with Gasteiger partial charge in [0.1, 0.15) is 0 Å². The number of amides is 2. The third kappa shape index (κ3) is 9.86. The first-order valence-corrected chi connectivity index (χ1v) is 10.3. The summed E-state index contributed by atoms with van der Waals surface area (Å²) >= 11 is 0. The van der Waals surface area contributed by atoms with Gasteiger partial charge in [-0.3, -0.25) is 14.5 Å². The largest absolute Gasteiger partial charge is 0.337 e. The summed E-state index contributed by atoms with van der Waals surface area (Å²) in [6.45, 7) is 27.5. The lowest BCUT2D eigenvalue weighted by Crippen LogP contribution is -2.69. The highest BCUT2D eigenvalue weighted by Crippen LogP contribution is 2.32. The Hall–Kier alpha value is -1.66. The van der Waals surface area contributed by atoms with Crippen molar-refractivity contribution < 1.29 is 9.59 Å². The van der Waals surface area contributed by atoms with Crippen molar-refractivity contribution in [1.29, 1.82) is 0 Å². The number of carbonyl (C=O) groups excluding carboxylic acids is 2. The highest BCUT2D eigenvalue weighted by Gasteiger charge is 2.45. The zero-order valence-corrected chi connectivity index (χ0v) is 18.8. The number of likely N-dealkylation sites (N-methyl/N-ethyl adjacent to an activating group) is 2. The molecule has 0 saturated carbocycles. The first kappa shape index (κ1) is 37.6. The van der Waals surface area contributed by atoms with E-state index < -0.39 is 0 Å². The van der Waals surface area contributed by atoms with Crippen molar-refractivity contribution in [3.8, 4) is 0 Å². The van der Waals surface area contributed by atoms with E-state index in [1.165, 1.54) is 12.2 Å². The summed E-state index contributed by atoms with van der Waals surface area (Å²) in [6.07, 6.45) is 2.81. The van der Waals surface area contributed by atoms with E-state index in [0.717, 1.165) is 52.4 Å². The van der Waals surface area contributed by atoms with Gasteiger partial charge >= 0.3 is 0 Å². The second kappa shape index (κ2) is 16.0. The molecule has 0 radical (unpaired) electrons. The third-order valence-electron chi connectivity index (χ3n) is 5.58. The van der Waals surface area contributed by atoms with Crippen LogP contribution >= 0.6 is 0 Å². The molecule has 2 saturated heterocycles. The molecule has 6 heteroatoms. The van der Waals surface area contributed by atoms with E-state index in [1.807, 2.05) is 9.80 Å². The molecule has 0 spiro atoms. The van der Waals surface area contributed by atoms with Crippen molar-refractivity contribution in [3.63, 3.8) is 0 Å². The molecule has 0 aromatic rings. The molecule has 0 bridgehead atoms. The van der Waals surface area contributed by atoms with E-state index >= 15 is 0 Å². The molecule has 2 aliphatic rings. The third-order valence-corrected chi connectivity index (χ3v) is 5.58. The van der Waals surface area contributed by atoms with Crippen LogP contribution in [0.15, 0.2) is 25.3 Å². The fourth-order valence-electron chi connectivity index (χ4n) is 4.44. The van der Waals surface area contributed by atoms with Crippen LogP contribution in [0.4, 0.5) is 0 Å². The maximum Gasteiger partial charge on any atom is 0.246 e. The maximum absolute atomic E-state index is 12.0. The zero-order chi connectivity index (χ0) is 21.5. The van der Waals surface area contributed by atoms with E-state index in [9.17, 15) is 9.59 Å². The van der Waals surface area contributed by atoms with E-state index in [-0.39, 0.29) is 52.6 Å². The molecule has 2 amide bonds. The molecule has 2 aliphatic heterocycles. The lowest BCUT2D eigenvalue weighted by molar-refractivity contribution is -0.147. The van der Waals surface area contributed by atoms with Crippen LogP contribution in [0.25, 0.3) is 0 Å².